The number of hydrogen-bond acceptors (Lipinski definition) is 4. The smallest absolute Gasteiger partial charge is 0.262 e. The zero-order valence-corrected chi connectivity index (χ0v) is 15.9. The van der Waals surface area contributed by atoms with Crippen molar-refractivity contribution in [3.05, 3.63) is 71.3 Å². The molecule has 28 heavy (non-hydrogen) atoms. The van der Waals surface area contributed by atoms with Gasteiger partial charge >= 0.3 is 0 Å². The van der Waals surface area contributed by atoms with Crippen LogP contribution in [-0.2, 0) is 11.3 Å². The van der Waals surface area contributed by atoms with E-state index in [1.807, 2.05) is 18.2 Å². The molecular formula is C22H23N3O3. The number of fused-ring (bicyclic) bond motifs is 1. The Morgan fingerprint density at radius 3 is 1.96 bits per heavy atom. The normalized spacial score (nSPS) is 18.3. The summed E-state index contributed by atoms with van der Waals surface area (Å²) in [4.78, 5) is 43.4. The molecule has 1 saturated heterocycles. The highest BCUT2D eigenvalue weighted by atomic mass is 16.2. The average Bonchev–Trinajstić information content (AvgIpc) is 2.99. The van der Waals surface area contributed by atoms with Crippen molar-refractivity contribution in [2.24, 2.45) is 0 Å². The molecular weight excluding hydrogens is 354 g/mol. The lowest BCUT2D eigenvalue weighted by Crippen LogP contribution is -2.55. The summed E-state index contributed by atoms with van der Waals surface area (Å²) in [6.07, 6.45) is 0. The summed E-state index contributed by atoms with van der Waals surface area (Å²) in [6, 6.07) is 16.2. The second kappa shape index (κ2) is 7.56. The number of benzene rings is 2. The zero-order valence-electron chi connectivity index (χ0n) is 15.9. The van der Waals surface area contributed by atoms with Gasteiger partial charge in [-0.15, -0.1) is 0 Å². The number of amides is 3. The van der Waals surface area contributed by atoms with Crippen LogP contribution in [0.3, 0.4) is 0 Å². The monoisotopic (exact) mass is 377 g/mol. The Bertz CT molecular complexity index is 869. The number of imide groups is 1. The highest BCUT2D eigenvalue weighted by Gasteiger charge is 2.42. The number of rotatable bonds is 4. The fourth-order valence-electron chi connectivity index (χ4n) is 3.90. The predicted octanol–water partition coefficient (Wildman–Crippen LogP) is 2.02. The molecule has 3 amide bonds. The Hall–Kier alpha value is -2.99. The minimum absolute atomic E-state index is 0.172. The van der Waals surface area contributed by atoms with Gasteiger partial charge in [0, 0.05) is 32.7 Å². The van der Waals surface area contributed by atoms with Crippen molar-refractivity contribution in [2.45, 2.75) is 19.5 Å². The number of hydrogen-bond donors (Lipinski definition) is 0. The van der Waals surface area contributed by atoms with Gasteiger partial charge in [-0.2, -0.15) is 0 Å². The molecule has 0 N–H and O–H groups in total. The fourth-order valence-corrected chi connectivity index (χ4v) is 3.90. The van der Waals surface area contributed by atoms with Gasteiger partial charge in [-0.1, -0.05) is 42.5 Å². The molecule has 0 aromatic heterocycles. The minimum atomic E-state index is -0.798. The summed E-state index contributed by atoms with van der Waals surface area (Å²) in [5.41, 5.74) is 2.00. The van der Waals surface area contributed by atoms with E-state index >= 15 is 0 Å². The maximum atomic E-state index is 13.0. The first-order chi connectivity index (χ1) is 13.6. The lowest BCUT2D eigenvalue weighted by Gasteiger charge is -2.37. The van der Waals surface area contributed by atoms with E-state index < -0.39 is 6.04 Å². The predicted molar refractivity (Wildman–Crippen MR) is 105 cm³/mol. The van der Waals surface area contributed by atoms with Crippen molar-refractivity contribution in [3.63, 3.8) is 0 Å². The molecule has 0 saturated carbocycles. The van der Waals surface area contributed by atoms with Crippen LogP contribution in [0.5, 0.6) is 0 Å². The second-order valence-electron chi connectivity index (χ2n) is 7.29. The molecule has 144 valence electrons. The van der Waals surface area contributed by atoms with Gasteiger partial charge in [0.2, 0.25) is 5.91 Å². The molecule has 2 aromatic carbocycles. The van der Waals surface area contributed by atoms with Gasteiger partial charge in [0.15, 0.2) is 0 Å². The number of carbonyl (C=O) groups excluding carboxylic acids is 3. The number of carbonyl (C=O) groups is 3. The van der Waals surface area contributed by atoms with Crippen molar-refractivity contribution in [2.75, 3.05) is 26.2 Å². The van der Waals surface area contributed by atoms with Gasteiger partial charge in [0.1, 0.15) is 6.04 Å². The van der Waals surface area contributed by atoms with Gasteiger partial charge in [0.05, 0.1) is 11.1 Å². The highest BCUT2D eigenvalue weighted by molar-refractivity contribution is 6.22. The Kier molecular flexibility index (Phi) is 4.96. The molecule has 1 fully saturated rings. The van der Waals surface area contributed by atoms with Gasteiger partial charge < -0.3 is 4.90 Å². The third-order valence-corrected chi connectivity index (χ3v) is 5.50. The fraction of sp³-hybridized carbons (Fsp3) is 0.318. The minimum Gasteiger partial charge on any atom is -0.338 e. The van der Waals surface area contributed by atoms with Crippen LogP contribution in [-0.4, -0.2) is 64.6 Å². The summed E-state index contributed by atoms with van der Waals surface area (Å²) < 4.78 is 0. The highest BCUT2D eigenvalue weighted by Crippen LogP contribution is 2.25. The van der Waals surface area contributed by atoms with Crippen LogP contribution in [0.15, 0.2) is 54.6 Å². The molecule has 2 aliphatic heterocycles. The second-order valence-corrected chi connectivity index (χ2v) is 7.29. The maximum absolute atomic E-state index is 13.0. The SMILES string of the molecule is C[C@H](C(=O)N1CCN(Cc2ccccc2)CC1)N1C(=O)c2ccccc2C1=O. The van der Waals surface area contributed by atoms with Crippen LogP contribution >= 0.6 is 0 Å². The van der Waals surface area contributed by atoms with Crippen molar-refractivity contribution < 1.29 is 14.4 Å². The molecule has 2 aliphatic rings. The summed E-state index contributed by atoms with van der Waals surface area (Å²) in [6.45, 7) is 5.24. The number of nitrogens with zero attached hydrogens (tertiary/aromatic N) is 3. The van der Waals surface area contributed by atoms with Crippen molar-refractivity contribution in [1.82, 2.24) is 14.7 Å². The van der Waals surface area contributed by atoms with E-state index in [0.717, 1.165) is 24.5 Å². The van der Waals surface area contributed by atoms with Crippen LogP contribution in [0.4, 0.5) is 0 Å². The summed E-state index contributed by atoms with van der Waals surface area (Å²) >= 11 is 0. The molecule has 2 heterocycles. The molecule has 1 atom stereocenters. The van der Waals surface area contributed by atoms with E-state index in [4.69, 9.17) is 0 Å². The van der Waals surface area contributed by atoms with Crippen molar-refractivity contribution in [1.29, 1.82) is 0 Å². The van der Waals surface area contributed by atoms with E-state index in [1.54, 1.807) is 36.1 Å². The Morgan fingerprint density at radius 2 is 1.39 bits per heavy atom. The van der Waals surface area contributed by atoms with E-state index in [-0.39, 0.29) is 17.7 Å². The van der Waals surface area contributed by atoms with Gasteiger partial charge in [-0.25, -0.2) is 0 Å². The third-order valence-electron chi connectivity index (χ3n) is 5.50. The van der Waals surface area contributed by atoms with Crippen molar-refractivity contribution in [3.8, 4) is 0 Å². The molecule has 0 radical (unpaired) electrons. The molecule has 0 unspecified atom stereocenters. The first-order valence-corrected chi connectivity index (χ1v) is 9.58. The van der Waals surface area contributed by atoms with E-state index in [2.05, 4.69) is 17.0 Å². The molecule has 0 bridgehead atoms. The van der Waals surface area contributed by atoms with Gasteiger partial charge in [-0.05, 0) is 24.6 Å². The molecule has 0 spiro atoms. The molecule has 0 aliphatic carbocycles. The van der Waals surface area contributed by atoms with E-state index in [1.165, 1.54) is 5.56 Å². The molecule has 2 aromatic rings. The Balaban J connectivity index is 1.38. The first-order valence-electron chi connectivity index (χ1n) is 9.58. The third kappa shape index (κ3) is 3.31. The van der Waals surface area contributed by atoms with Crippen LogP contribution in [0.25, 0.3) is 0 Å². The van der Waals surface area contributed by atoms with Crippen LogP contribution in [0.1, 0.15) is 33.2 Å². The zero-order chi connectivity index (χ0) is 19.7. The summed E-state index contributed by atoms with van der Waals surface area (Å²) in [5, 5.41) is 0. The molecule has 4 rings (SSSR count). The first kappa shape index (κ1) is 18.4. The maximum Gasteiger partial charge on any atom is 0.262 e. The average molecular weight is 377 g/mol. The Labute approximate surface area is 164 Å². The van der Waals surface area contributed by atoms with Gasteiger partial charge in [0.25, 0.3) is 11.8 Å². The lowest BCUT2D eigenvalue weighted by atomic mass is 10.1. The van der Waals surface area contributed by atoms with Crippen molar-refractivity contribution >= 4 is 17.7 Å². The van der Waals surface area contributed by atoms with E-state index in [9.17, 15) is 14.4 Å². The van der Waals surface area contributed by atoms with Crippen LogP contribution in [0, 0.1) is 0 Å². The molecule has 6 heteroatoms. The standard InChI is InChI=1S/C22H23N3O3/c1-16(25-21(27)18-9-5-6-10-19(18)22(25)28)20(26)24-13-11-23(12-14-24)15-17-7-3-2-4-8-17/h2-10,16H,11-15H2,1H3/t16-/m1/s1. The quantitative estimate of drug-likeness (QED) is 0.765. The largest absolute Gasteiger partial charge is 0.338 e. The van der Waals surface area contributed by atoms with E-state index in [0.29, 0.717) is 24.2 Å². The van der Waals surface area contributed by atoms with Crippen LogP contribution < -0.4 is 0 Å². The summed E-state index contributed by atoms with van der Waals surface area (Å²) in [7, 11) is 0. The number of piperazine rings is 1. The Morgan fingerprint density at radius 1 is 0.857 bits per heavy atom. The molecule has 6 nitrogen and oxygen atoms in total. The van der Waals surface area contributed by atoms with Crippen LogP contribution in [0.2, 0.25) is 0 Å². The lowest BCUT2D eigenvalue weighted by molar-refractivity contribution is -0.136. The van der Waals surface area contributed by atoms with Gasteiger partial charge in [-0.3, -0.25) is 24.2 Å². The summed E-state index contributed by atoms with van der Waals surface area (Å²) in [5.74, 6) is -0.942. The topological polar surface area (TPSA) is 60.9 Å².